The Morgan fingerprint density at radius 1 is 1.42 bits per heavy atom. The molecule has 0 saturated carbocycles. The van der Waals surface area contributed by atoms with Crippen molar-refractivity contribution in [2.75, 3.05) is 6.54 Å². The molecule has 0 aromatic heterocycles. The van der Waals surface area contributed by atoms with Crippen molar-refractivity contribution in [1.82, 2.24) is 4.90 Å². The van der Waals surface area contributed by atoms with Gasteiger partial charge in [0.05, 0.1) is 6.04 Å². The van der Waals surface area contributed by atoms with Crippen molar-refractivity contribution < 1.29 is 4.39 Å². The summed E-state index contributed by atoms with van der Waals surface area (Å²) in [5.74, 6) is -0.130. The minimum atomic E-state index is -0.130. The molecule has 1 heterocycles. The van der Waals surface area contributed by atoms with Crippen LogP contribution in [0.5, 0.6) is 0 Å². The number of benzene rings is 1. The predicted octanol–water partition coefficient (Wildman–Crippen LogP) is 3.40. The minimum Gasteiger partial charge on any atom is -0.329 e. The molecule has 1 aliphatic heterocycles. The molecule has 0 amide bonds. The number of halogens is 1. The number of rotatable bonds is 4. The predicted molar refractivity (Wildman–Crippen MR) is 77.5 cm³/mol. The first kappa shape index (κ1) is 14.5. The highest BCUT2D eigenvalue weighted by Crippen LogP contribution is 2.35. The van der Waals surface area contributed by atoms with E-state index in [1.807, 2.05) is 19.1 Å². The zero-order valence-electron chi connectivity index (χ0n) is 12.2. The third-order valence-corrected chi connectivity index (χ3v) is 4.41. The summed E-state index contributed by atoms with van der Waals surface area (Å²) in [5, 5.41) is 0. The van der Waals surface area contributed by atoms with Gasteiger partial charge in [0, 0.05) is 24.2 Å². The van der Waals surface area contributed by atoms with Crippen molar-refractivity contribution in [3.63, 3.8) is 0 Å². The maximum atomic E-state index is 14.1. The molecule has 2 N–H and O–H groups in total. The lowest BCUT2D eigenvalue weighted by atomic mass is 10.00. The topological polar surface area (TPSA) is 29.3 Å². The fourth-order valence-electron chi connectivity index (χ4n) is 3.40. The van der Waals surface area contributed by atoms with E-state index in [1.54, 1.807) is 6.07 Å². The Kier molecular flexibility index (Phi) is 4.58. The molecule has 1 fully saturated rings. The molecule has 1 aromatic rings. The molecule has 0 radical (unpaired) electrons. The molecule has 3 heteroatoms. The summed E-state index contributed by atoms with van der Waals surface area (Å²) < 4.78 is 14.1. The Labute approximate surface area is 115 Å². The fraction of sp³-hybridized carbons (Fsp3) is 0.625. The van der Waals surface area contributed by atoms with E-state index in [0.717, 1.165) is 17.5 Å². The number of hydrogen-bond acceptors (Lipinski definition) is 2. The second kappa shape index (κ2) is 6.02. The van der Waals surface area contributed by atoms with Crippen molar-refractivity contribution in [3.8, 4) is 0 Å². The Morgan fingerprint density at radius 3 is 2.79 bits per heavy atom. The van der Waals surface area contributed by atoms with Gasteiger partial charge in [0.15, 0.2) is 0 Å². The van der Waals surface area contributed by atoms with Crippen LogP contribution < -0.4 is 5.73 Å². The van der Waals surface area contributed by atoms with Crippen LogP contribution in [0.4, 0.5) is 4.39 Å². The second-order valence-corrected chi connectivity index (χ2v) is 5.71. The van der Waals surface area contributed by atoms with Crippen molar-refractivity contribution in [2.24, 2.45) is 5.73 Å². The maximum Gasteiger partial charge on any atom is 0.128 e. The van der Waals surface area contributed by atoms with Crippen LogP contribution in [0.25, 0.3) is 0 Å². The Morgan fingerprint density at radius 2 is 2.16 bits per heavy atom. The quantitative estimate of drug-likeness (QED) is 0.903. The van der Waals surface area contributed by atoms with Gasteiger partial charge in [-0.15, -0.1) is 0 Å². The summed E-state index contributed by atoms with van der Waals surface area (Å²) in [6.07, 6.45) is 3.48. The van der Waals surface area contributed by atoms with Gasteiger partial charge in [-0.1, -0.05) is 24.6 Å². The van der Waals surface area contributed by atoms with E-state index in [1.165, 1.54) is 12.8 Å². The smallest absolute Gasteiger partial charge is 0.128 e. The molecule has 106 valence electrons. The van der Waals surface area contributed by atoms with E-state index in [0.29, 0.717) is 18.6 Å². The SMILES string of the molecule is CCC1CCC(C)N1C(CN)c1cc(C)ccc1F. The highest BCUT2D eigenvalue weighted by Gasteiger charge is 2.35. The summed E-state index contributed by atoms with van der Waals surface area (Å²) in [7, 11) is 0. The minimum absolute atomic E-state index is 0.00218. The fourth-order valence-corrected chi connectivity index (χ4v) is 3.40. The number of hydrogen-bond donors (Lipinski definition) is 1. The maximum absolute atomic E-state index is 14.1. The van der Waals surface area contributed by atoms with Crippen LogP contribution in [0.1, 0.15) is 50.3 Å². The molecule has 3 atom stereocenters. The highest BCUT2D eigenvalue weighted by atomic mass is 19.1. The molecule has 0 spiro atoms. The van der Waals surface area contributed by atoms with E-state index >= 15 is 0 Å². The van der Waals surface area contributed by atoms with Crippen LogP contribution in [0, 0.1) is 12.7 Å². The van der Waals surface area contributed by atoms with Crippen LogP contribution in [0.15, 0.2) is 18.2 Å². The van der Waals surface area contributed by atoms with Gasteiger partial charge in [-0.3, -0.25) is 4.90 Å². The lowest BCUT2D eigenvalue weighted by Gasteiger charge is -2.36. The van der Waals surface area contributed by atoms with Gasteiger partial charge in [0.2, 0.25) is 0 Å². The van der Waals surface area contributed by atoms with Gasteiger partial charge in [0.1, 0.15) is 5.82 Å². The molecular formula is C16H25FN2. The van der Waals surface area contributed by atoms with Crippen molar-refractivity contribution in [3.05, 3.63) is 35.1 Å². The first-order valence-electron chi connectivity index (χ1n) is 7.32. The van der Waals surface area contributed by atoms with Gasteiger partial charge >= 0.3 is 0 Å². The standard InChI is InChI=1S/C16H25FN2/c1-4-13-7-6-12(3)19(13)16(10-18)14-9-11(2)5-8-15(14)17/h5,8-9,12-13,16H,4,6-7,10,18H2,1-3H3. The highest BCUT2D eigenvalue weighted by molar-refractivity contribution is 5.27. The van der Waals surface area contributed by atoms with Crippen LogP contribution in [0.3, 0.4) is 0 Å². The van der Waals surface area contributed by atoms with Gasteiger partial charge in [0.25, 0.3) is 0 Å². The molecule has 3 unspecified atom stereocenters. The van der Waals surface area contributed by atoms with Gasteiger partial charge in [-0.05, 0) is 39.2 Å². The van der Waals surface area contributed by atoms with Gasteiger partial charge in [-0.25, -0.2) is 4.39 Å². The van der Waals surface area contributed by atoms with Crippen molar-refractivity contribution >= 4 is 0 Å². The van der Waals surface area contributed by atoms with Crippen LogP contribution in [-0.2, 0) is 0 Å². The lowest BCUT2D eigenvalue weighted by molar-refractivity contribution is 0.134. The molecule has 19 heavy (non-hydrogen) atoms. The molecule has 2 nitrogen and oxygen atoms in total. The Balaban J connectivity index is 2.35. The molecular weight excluding hydrogens is 239 g/mol. The summed E-state index contributed by atoms with van der Waals surface area (Å²) >= 11 is 0. The van der Waals surface area contributed by atoms with E-state index in [-0.39, 0.29) is 11.9 Å². The van der Waals surface area contributed by atoms with E-state index in [4.69, 9.17) is 5.73 Å². The monoisotopic (exact) mass is 264 g/mol. The van der Waals surface area contributed by atoms with Gasteiger partial charge in [-0.2, -0.15) is 0 Å². The molecule has 1 aliphatic rings. The summed E-state index contributed by atoms with van der Waals surface area (Å²) in [5.41, 5.74) is 7.83. The van der Waals surface area contributed by atoms with Crippen molar-refractivity contribution in [2.45, 2.75) is 58.2 Å². The molecule has 1 aromatic carbocycles. The normalized spacial score (nSPS) is 25.7. The van der Waals surface area contributed by atoms with E-state index in [9.17, 15) is 4.39 Å². The Bertz CT molecular complexity index is 433. The summed E-state index contributed by atoms with van der Waals surface area (Å²) in [4.78, 5) is 2.43. The Hall–Kier alpha value is -0.930. The summed E-state index contributed by atoms with van der Waals surface area (Å²) in [6.45, 7) is 6.91. The van der Waals surface area contributed by atoms with E-state index < -0.39 is 0 Å². The molecule has 2 rings (SSSR count). The second-order valence-electron chi connectivity index (χ2n) is 5.71. The van der Waals surface area contributed by atoms with Gasteiger partial charge < -0.3 is 5.73 Å². The largest absolute Gasteiger partial charge is 0.329 e. The number of nitrogens with two attached hydrogens (primary N) is 1. The molecule has 0 aliphatic carbocycles. The zero-order valence-corrected chi connectivity index (χ0v) is 12.2. The molecule has 0 bridgehead atoms. The zero-order chi connectivity index (χ0) is 14.0. The van der Waals surface area contributed by atoms with Crippen LogP contribution in [0.2, 0.25) is 0 Å². The third-order valence-electron chi connectivity index (χ3n) is 4.41. The van der Waals surface area contributed by atoms with E-state index in [2.05, 4.69) is 18.7 Å². The average molecular weight is 264 g/mol. The molecule has 1 saturated heterocycles. The van der Waals surface area contributed by atoms with Crippen LogP contribution >= 0.6 is 0 Å². The number of nitrogens with zero attached hydrogens (tertiary/aromatic N) is 1. The first-order chi connectivity index (χ1) is 9.08. The lowest BCUT2D eigenvalue weighted by Crippen LogP contribution is -2.41. The van der Waals surface area contributed by atoms with Crippen molar-refractivity contribution in [1.29, 1.82) is 0 Å². The first-order valence-corrected chi connectivity index (χ1v) is 7.32. The number of aryl methyl sites for hydroxylation is 1. The van der Waals surface area contributed by atoms with Crippen LogP contribution in [-0.4, -0.2) is 23.5 Å². The average Bonchev–Trinajstić information content (AvgIpc) is 2.76. The third kappa shape index (κ3) is 2.82. The summed E-state index contributed by atoms with van der Waals surface area (Å²) in [6, 6.07) is 6.35. The number of likely N-dealkylation sites (tertiary alicyclic amines) is 1.